The molecule has 0 bridgehead atoms. The number of hydrogen-bond donors (Lipinski definition) is 1. The molecule has 1 atom stereocenters. The normalized spacial score (nSPS) is 11.8. The molecule has 1 N–H and O–H groups in total. The van der Waals surface area contributed by atoms with Crippen LogP contribution >= 0.6 is 0 Å². The second-order valence-electron chi connectivity index (χ2n) is 6.53. The van der Waals surface area contributed by atoms with Gasteiger partial charge in [0, 0.05) is 0 Å². The molecule has 0 aromatic heterocycles. The standard InChI is InChI=1S/C19H27NO5/c1-12(2)8-16(19(23)24-5)20-17(21)11-25-18(22)10-15-7-6-13(3)14(4)9-15/h6-7,9,12,16H,8,10-11H2,1-5H3,(H,20,21)/t16-/m0/s1. The summed E-state index contributed by atoms with van der Waals surface area (Å²) in [5, 5.41) is 2.54. The monoisotopic (exact) mass is 349 g/mol. The number of aryl methyl sites for hydroxylation is 2. The molecule has 0 radical (unpaired) electrons. The van der Waals surface area contributed by atoms with Crippen LogP contribution in [-0.2, 0) is 30.3 Å². The number of benzene rings is 1. The molecule has 0 saturated heterocycles. The van der Waals surface area contributed by atoms with E-state index < -0.39 is 30.5 Å². The number of hydrogen-bond acceptors (Lipinski definition) is 5. The van der Waals surface area contributed by atoms with Crippen LogP contribution in [0.25, 0.3) is 0 Å². The van der Waals surface area contributed by atoms with Gasteiger partial charge in [0.05, 0.1) is 13.5 Å². The maximum absolute atomic E-state index is 11.9. The van der Waals surface area contributed by atoms with Gasteiger partial charge in [-0.3, -0.25) is 9.59 Å². The summed E-state index contributed by atoms with van der Waals surface area (Å²) in [4.78, 5) is 35.5. The number of ether oxygens (including phenoxy) is 2. The van der Waals surface area contributed by atoms with Crippen LogP contribution in [0.1, 0.15) is 37.0 Å². The number of carbonyl (C=O) groups excluding carboxylic acids is 3. The van der Waals surface area contributed by atoms with Gasteiger partial charge in [-0.1, -0.05) is 32.0 Å². The van der Waals surface area contributed by atoms with E-state index in [0.717, 1.165) is 16.7 Å². The van der Waals surface area contributed by atoms with Crippen molar-refractivity contribution in [2.45, 2.75) is 46.6 Å². The quantitative estimate of drug-likeness (QED) is 0.727. The first-order chi connectivity index (χ1) is 11.7. The smallest absolute Gasteiger partial charge is 0.328 e. The first-order valence-electron chi connectivity index (χ1n) is 8.31. The number of amides is 1. The number of nitrogens with one attached hydrogen (secondary N) is 1. The summed E-state index contributed by atoms with van der Waals surface area (Å²) in [6.07, 6.45) is 0.551. The highest BCUT2D eigenvalue weighted by molar-refractivity contribution is 5.86. The SMILES string of the molecule is COC(=O)[C@H](CC(C)C)NC(=O)COC(=O)Cc1ccc(C)c(C)c1. The number of esters is 2. The summed E-state index contributed by atoms with van der Waals surface area (Å²) in [5.41, 5.74) is 3.08. The lowest BCUT2D eigenvalue weighted by molar-refractivity contribution is -0.150. The molecule has 0 aliphatic rings. The van der Waals surface area contributed by atoms with Crippen molar-refractivity contribution >= 4 is 17.8 Å². The average molecular weight is 349 g/mol. The molecule has 25 heavy (non-hydrogen) atoms. The van der Waals surface area contributed by atoms with Crippen LogP contribution in [0, 0.1) is 19.8 Å². The van der Waals surface area contributed by atoms with Crippen LogP contribution < -0.4 is 5.32 Å². The Kier molecular flexibility index (Phi) is 8.11. The highest BCUT2D eigenvalue weighted by Crippen LogP contribution is 2.11. The molecule has 0 heterocycles. The Morgan fingerprint density at radius 2 is 1.80 bits per heavy atom. The fourth-order valence-electron chi connectivity index (χ4n) is 2.34. The highest BCUT2D eigenvalue weighted by Gasteiger charge is 2.23. The molecule has 6 nitrogen and oxygen atoms in total. The molecule has 0 aliphatic carbocycles. The fourth-order valence-corrected chi connectivity index (χ4v) is 2.34. The van der Waals surface area contributed by atoms with E-state index in [1.165, 1.54) is 7.11 Å². The van der Waals surface area contributed by atoms with Crippen molar-refractivity contribution in [3.63, 3.8) is 0 Å². The number of rotatable bonds is 8. The van der Waals surface area contributed by atoms with E-state index in [-0.39, 0.29) is 12.3 Å². The van der Waals surface area contributed by atoms with Gasteiger partial charge >= 0.3 is 11.9 Å². The van der Waals surface area contributed by atoms with Crippen molar-refractivity contribution in [1.29, 1.82) is 0 Å². The Morgan fingerprint density at radius 1 is 1.12 bits per heavy atom. The van der Waals surface area contributed by atoms with Crippen LogP contribution in [0.4, 0.5) is 0 Å². The van der Waals surface area contributed by atoms with Gasteiger partial charge in [0.2, 0.25) is 0 Å². The van der Waals surface area contributed by atoms with Crippen molar-refractivity contribution in [2.75, 3.05) is 13.7 Å². The Morgan fingerprint density at radius 3 is 2.36 bits per heavy atom. The predicted molar refractivity (Wildman–Crippen MR) is 94.0 cm³/mol. The Balaban J connectivity index is 2.49. The summed E-state index contributed by atoms with van der Waals surface area (Å²) in [5.74, 6) is -1.32. The zero-order valence-electron chi connectivity index (χ0n) is 15.5. The second kappa shape index (κ2) is 9.81. The highest BCUT2D eigenvalue weighted by atomic mass is 16.5. The van der Waals surface area contributed by atoms with Gasteiger partial charge in [-0.25, -0.2) is 4.79 Å². The van der Waals surface area contributed by atoms with Gasteiger partial charge in [0.25, 0.3) is 5.91 Å². The van der Waals surface area contributed by atoms with E-state index in [4.69, 9.17) is 4.74 Å². The molecule has 1 aromatic carbocycles. The van der Waals surface area contributed by atoms with Gasteiger partial charge in [-0.05, 0) is 42.9 Å². The molecule has 0 saturated carbocycles. The third-order valence-corrected chi connectivity index (χ3v) is 3.81. The van der Waals surface area contributed by atoms with E-state index >= 15 is 0 Å². The van der Waals surface area contributed by atoms with Crippen LogP contribution in [-0.4, -0.2) is 37.6 Å². The van der Waals surface area contributed by atoms with Crippen LogP contribution in [0.15, 0.2) is 18.2 Å². The summed E-state index contributed by atoms with van der Waals surface area (Å²) in [7, 11) is 1.27. The first kappa shape index (κ1) is 20.7. The lowest BCUT2D eigenvalue weighted by atomic mass is 10.0. The third kappa shape index (κ3) is 7.37. The summed E-state index contributed by atoms with van der Waals surface area (Å²) in [6, 6.07) is 4.99. The van der Waals surface area contributed by atoms with E-state index in [2.05, 4.69) is 10.1 Å². The molecule has 0 fully saturated rings. The van der Waals surface area contributed by atoms with E-state index in [0.29, 0.717) is 6.42 Å². The molecule has 1 rings (SSSR count). The summed E-state index contributed by atoms with van der Waals surface area (Å²) in [6.45, 7) is 7.42. The van der Waals surface area contributed by atoms with Gasteiger partial charge < -0.3 is 14.8 Å². The zero-order chi connectivity index (χ0) is 19.0. The van der Waals surface area contributed by atoms with Crippen molar-refractivity contribution in [3.8, 4) is 0 Å². The zero-order valence-corrected chi connectivity index (χ0v) is 15.5. The van der Waals surface area contributed by atoms with Gasteiger partial charge in [-0.2, -0.15) is 0 Å². The largest absolute Gasteiger partial charge is 0.467 e. The van der Waals surface area contributed by atoms with Gasteiger partial charge in [0.15, 0.2) is 6.61 Å². The van der Waals surface area contributed by atoms with Gasteiger partial charge in [0.1, 0.15) is 6.04 Å². The minimum absolute atomic E-state index is 0.0980. The molecule has 0 spiro atoms. The van der Waals surface area contributed by atoms with Crippen molar-refractivity contribution < 1.29 is 23.9 Å². The van der Waals surface area contributed by atoms with E-state index in [9.17, 15) is 14.4 Å². The Bertz CT molecular complexity index is 624. The predicted octanol–water partition coefficient (Wildman–Crippen LogP) is 2.09. The van der Waals surface area contributed by atoms with Crippen LogP contribution in [0.5, 0.6) is 0 Å². The minimum Gasteiger partial charge on any atom is -0.467 e. The minimum atomic E-state index is -0.740. The maximum atomic E-state index is 11.9. The molecular formula is C19H27NO5. The molecule has 0 aliphatic heterocycles. The summed E-state index contributed by atoms with van der Waals surface area (Å²) < 4.78 is 9.67. The molecule has 138 valence electrons. The van der Waals surface area contributed by atoms with Crippen molar-refractivity contribution in [3.05, 3.63) is 34.9 Å². The Hall–Kier alpha value is -2.37. The lowest BCUT2D eigenvalue weighted by Crippen LogP contribution is -2.44. The third-order valence-electron chi connectivity index (χ3n) is 3.81. The first-order valence-corrected chi connectivity index (χ1v) is 8.31. The van der Waals surface area contributed by atoms with Crippen molar-refractivity contribution in [2.24, 2.45) is 5.92 Å². The molecule has 1 aromatic rings. The molecule has 1 amide bonds. The number of carbonyl (C=O) groups is 3. The molecule has 6 heteroatoms. The van der Waals surface area contributed by atoms with Crippen LogP contribution in [0.2, 0.25) is 0 Å². The molecule has 0 unspecified atom stereocenters. The lowest BCUT2D eigenvalue weighted by Gasteiger charge is -2.18. The topological polar surface area (TPSA) is 81.7 Å². The fraction of sp³-hybridized carbons (Fsp3) is 0.526. The Labute approximate surface area is 148 Å². The number of methoxy groups -OCH3 is 1. The second-order valence-corrected chi connectivity index (χ2v) is 6.53. The van der Waals surface area contributed by atoms with Gasteiger partial charge in [-0.15, -0.1) is 0 Å². The summed E-state index contributed by atoms with van der Waals surface area (Å²) >= 11 is 0. The van der Waals surface area contributed by atoms with Crippen molar-refractivity contribution in [1.82, 2.24) is 5.32 Å². The average Bonchev–Trinajstić information content (AvgIpc) is 2.54. The van der Waals surface area contributed by atoms with E-state index in [1.54, 1.807) is 0 Å². The van der Waals surface area contributed by atoms with E-state index in [1.807, 2.05) is 45.9 Å². The molecular weight excluding hydrogens is 322 g/mol. The maximum Gasteiger partial charge on any atom is 0.328 e. The van der Waals surface area contributed by atoms with Crippen LogP contribution in [0.3, 0.4) is 0 Å².